The second-order valence-corrected chi connectivity index (χ2v) is 7.92. The molecule has 1 fully saturated rings. The van der Waals surface area contributed by atoms with Crippen LogP contribution in [0, 0.1) is 0 Å². The van der Waals surface area contributed by atoms with Crippen molar-refractivity contribution in [1.29, 1.82) is 0 Å². The molecule has 1 aliphatic rings. The van der Waals surface area contributed by atoms with Crippen molar-refractivity contribution in [2.24, 2.45) is 10.2 Å². The Labute approximate surface area is 196 Å². The number of Topliss-reactive ketones (excluding diaryl/α,β-unsaturated/α-hetero) is 1. The highest BCUT2D eigenvalue weighted by atomic mass is 16.5. The minimum absolute atomic E-state index is 0.176. The Morgan fingerprint density at radius 3 is 2.74 bits per heavy atom. The lowest BCUT2D eigenvalue weighted by atomic mass is 10.1. The van der Waals surface area contributed by atoms with Gasteiger partial charge >= 0.3 is 6.01 Å². The molecule has 0 radical (unpaired) electrons. The molecule has 34 heavy (non-hydrogen) atoms. The number of nitrogens with one attached hydrogen (secondary N) is 1. The van der Waals surface area contributed by atoms with Crippen molar-refractivity contribution in [1.82, 2.24) is 24.9 Å². The number of benzene rings is 1. The van der Waals surface area contributed by atoms with E-state index in [0.717, 1.165) is 22.2 Å². The molecule has 172 valence electrons. The Hall–Kier alpha value is -4.21. The van der Waals surface area contributed by atoms with E-state index < -0.39 is 0 Å². The fourth-order valence-corrected chi connectivity index (χ4v) is 3.77. The number of anilines is 1. The molecular weight excluding hydrogens is 432 g/mol. The van der Waals surface area contributed by atoms with Crippen molar-refractivity contribution < 1.29 is 9.53 Å². The first-order valence-electron chi connectivity index (χ1n) is 11.2. The largest absolute Gasteiger partial charge is 0.463 e. The maximum atomic E-state index is 11.7. The Kier molecular flexibility index (Phi) is 6.46. The molecule has 0 amide bonds. The van der Waals surface area contributed by atoms with Crippen LogP contribution in [-0.2, 0) is 17.8 Å². The van der Waals surface area contributed by atoms with Crippen molar-refractivity contribution in [3.63, 3.8) is 0 Å². The quantitative estimate of drug-likeness (QED) is 0.400. The highest BCUT2D eigenvalue weighted by Crippen LogP contribution is 2.22. The van der Waals surface area contributed by atoms with Gasteiger partial charge in [0.05, 0.1) is 13.2 Å². The van der Waals surface area contributed by atoms with Crippen LogP contribution < -0.4 is 9.64 Å². The summed E-state index contributed by atoms with van der Waals surface area (Å²) >= 11 is 0. The van der Waals surface area contributed by atoms with Gasteiger partial charge in [-0.1, -0.05) is 24.3 Å². The van der Waals surface area contributed by atoms with Gasteiger partial charge in [0.1, 0.15) is 5.78 Å². The standard InChI is InChI=1S/C24H24N8O2/c33-19-8-12-32(13-9-19)23-28-22(29-24(30-23)34-14-10-18-5-3-4-11-25-18)31-27-16-17-15-26-21-7-2-1-6-20(17)21/h1-7,11,15,26H,8-10,12-14,16H2. The molecule has 10 heteroatoms. The van der Waals surface area contributed by atoms with Gasteiger partial charge in [-0.25, -0.2) is 0 Å². The smallest absolute Gasteiger partial charge is 0.323 e. The molecule has 0 atom stereocenters. The van der Waals surface area contributed by atoms with Crippen LogP contribution in [0.5, 0.6) is 6.01 Å². The number of carbonyl (C=O) groups excluding carboxylic acids is 1. The number of hydrogen-bond acceptors (Lipinski definition) is 9. The van der Waals surface area contributed by atoms with E-state index in [1.54, 1.807) is 6.20 Å². The first-order chi connectivity index (χ1) is 16.7. The Bertz CT molecular complexity index is 1290. The van der Waals surface area contributed by atoms with Crippen LogP contribution in [0.25, 0.3) is 10.9 Å². The maximum Gasteiger partial charge on any atom is 0.323 e. The van der Waals surface area contributed by atoms with Crippen molar-refractivity contribution >= 4 is 28.6 Å². The monoisotopic (exact) mass is 456 g/mol. The van der Waals surface area contributed by atoms with E-state index in [1.807, 2.05) is 53.6 Å². The number of fused-ring (bicyclic) bond motifs is 1. The zero-order chi connectivity index (χ0) is 23.2. The molecule has 0 bridgehead atoms. The summed E-state index contributed by atoms with van der Waals surface area (Å²) in [6.45, 7) is 1.87. The molecule has 0 saturated carbocycles. The van der Waals surface area contributed by atoms with E-state index in [-0.39, 0.29) is 17.7 Å². The van der Waals surface area contributed by atoms with Gasteiger partial charge in [0.2, 0.25) is 5.95 Å². The van der Waals surface area contributed by atoms with Crippen molar-refractivity contribution in [2.75, 3.05) is 24.6 Å². The summed E-state index contributed by atoms with van der Waals surface area (Å²) in [7, 11) is 0. The van der Waals surface area contributed by atoms with E-state index in [0.29, 0.717) is 51.5 Å². The SMILES string of the molecule is O=C1CCN(c2nc(N=NCc3c[nH]c4ccccc34)nc(OCCc3ccccn3)n2)CC1. The number of ether oxygens (including phenoxy) is 1. The minimum Gasteiger partial charge on any atom is -0.463 e. The molecule has 1 saturated heterocycles. The third kappa shape index (κ3) is 5.22. The second-order valence-electron chi connectivity index (χ2n) is 7.92. The first-order valence-corrected chi connectivity index (χ1v) is 11.2. The first kappa shape index (κ1) is 21.6. The number of nitrogens with zero attached hydrogens (tertiary/aromatic N) is 7. The number of para-hydroxylation sites is 1. The number of ketones is 1. The summed E-state index contributed by atoms with van der Waals surface area (Å²) in [5.74, 6) is 0.863. The molecule has 5 rings (SSSR count). The van der Waals surface area contributed by atoms with Gasteiger partial charge in [-0.05, 0) is 18.2 Å². The molecule has 3 aromatic heterocycles. The predicted octanol–water partition coefficient (Wildman–Crippen LogP) is 3.82. The fourth-order valence-electron chi connectivity index (χ4n) is 3.77. The van der Waals surface area contributed by atoms with Gasteiger partial charge < -0.3 is 14.6 Å². The number of carbonyl (C=O) groups is 1. The Morgan fingerprint density at radius 1 is 1.03 bits per heavy atom. The topological polar surface area (TPSA) is 122 Å². The van der Waals surface area contributed by atoms with E-state index in [2.05, 4.69) is 35.1 Å². The molecule has 4 aromatic rings. The van der Waals surface area contributed by atoms with E-state index >= 15 is 0 Å². The number of aromatic nitrogens is 5. The van der Waals surface area contributed by atoms with E-state index in [4.69, 9.17) is 4.74 Å². The van der Waals surface area contributed by atoms with E-state index in [9.17, 15) is 4.79 Å². The van der Waals surface area contributed by atoms with Gasteiger partial charge in [-0.3, -0.25) is 9.78 Å². The molecule has 0 aliphatic carbocycles. The fraction of sp³-hybridized carbons (Fsp3) is 0.292. The lowest BCUT2D eigenvalue weighted by molar-refractivity contribution is -0.119. The Morgan fingerprint density at radius 2 is 1.88 bits per heavy atom. The molecule has 1 N–H and O–H groups in total. The van der Waals surface area contributed by atoms with Crippen LogP contribution in [-0.4, -0.2) is 50.4 Å². The van der Waals surface area contributed by atoms with Crippen LogP contribution in [0.15, 0.2) is 65.1 Å². The molecule has 4 heterocycles. The number of pyridine rings is 1. The highest BCUT2D eigenvalue weighted by molar-refractivity contribution is 5.83. The number of H-pyrrole nitrogens is 1. The summed E-state index contributed by atoms with van der Waals surface area (Å²) in [6.07, 6.45) is 5.25. The maximum absolute atomic E-state index is 11.7. The molecular formula is C24H24N8O2. The average molecular weight is 457 g/mol. The van der Waals surface area contributed by atoms with Gasteiger partial charge in [-0.15, -0.1) is 5.11 Å². The lowest BCUT2D eigenvalue weighted by Gasteiger charge is -2.25. The average Bonchev–Trinajstić information content (AvgIpc) is 3.28. The van der Waals surface area contributed by atoms with Crippen LogP contribution >= 0.6 is 0 Å². The Balaban J connectivity index is 1.32. The molecule has 1 aromatic carbocycles. The summed E-state index contributed by atoms with van der Waals surface area (Å²) in [4.78, 5) is 34.4. The predicted molar refractivity (Wildman–Crippen MR) is 126 cm³/mol. The lowest BCUT2D eigenvalue weighted by Crippen LogP contribution is -2.35. The van der Waals surface area contributed by atoms with Crippen molar-refractivity contribution in [3.8, 4) is 6.01 Å². The molecule has 0 unspecified atom stereocenters. The van der Waals surface area contributed by atoms with Gasteiger partial charge in [0.25, 0.3) is 5.95 Å². The van der Waals surface area contributed by atoms with Gasteiger partial charge in [-0.2, -0.15) is 20.1 Å². The third-order valence-electron chi connectivity index (χ3n) is 5.59. The zero-order valence-electron chi connectivity index (χ0n) is 18.6. The zero-order valence-corrected chi connectivity index (χ0v) is 18.6. The summed E-state index contributed by atoms with van der Waals surface area (Å²) < 4.78 is 5.81. The highest BCUT2D eigenvalue weighted by Gasteiger charge is 2.20. The summed E-state index contributed by atoms with van der Waals surface area (Å²) in [6, 6.07) is 14.0. The second kappa shape index (κ2) is 10.2. The van der Waals surface area contributed by atoms with Crippen LogP contribution in [0.1, 0.15) is 24.1 Å². The normalized spacial score (nSPS) is 14.2. The molecule has 10 nitrogen and oxygen atoms in total. The molecule has 0 spiro atoms. The molecule has 1 aliphatic heterocycles. The third-order valence-corrected chi connectivity index (χ3v) is 5.59. The summed E-state index contributed by atoms with van der Waals surface area (Å²) in [5, 5.41) is 9.67. The number of rotatable bonds is 8. The minimum atomic E-state index is 0.176. The van der Waals surface area contributed by atoms with E-state index in [1.165, 1.54) is 0 Å². The van der Waals surface area contributed by atoms with Gasteiger partial charge in [0.15, 0.2) is 0 Å². The van der Waals surface area contributed by atoms with Crippen molar-refractivity contribution in [2.45, 2.75) is 25.8 Å². The number of piperidine rings is 1. The van der Waals surface area contributed by atoms with Crippen LogP contribution in [0.2, 0.25) is 0 Å². The van der Waals surface area contributed by atoms with Crippen LogP contribution in [0.4, 0.5) is 11.9 Å². The van der Waals surface area contributed by atoms with Crippen LogP contribution in [0.3, 0.4) is 0 Å². The summed E-state index contributed by atoms with van der Waals surface area (Å²) in [5.41, 5.74) is 3.01. The van der Waals surface area contributed by atoms with Gasteiger partial charge in [0, 0.05) is 66.9 Å². The van der Waals surface area contributed by atoms with Crippen molar-refractivity contribution in [3.05, 3.63) is 66.1 Å². The number of aromatic amines is 1. The number of azo groups is 1. The number of hydrogen-bond donors (Lipinski definition) is 1.